The first kappa shape index (κ1) is 31.5. The van der Waals surface area contributed by atoms with Crippen LogP contribution in [-0.4, -0.2) is 83.9 Å². The van der Waals surface area contributed by atoms with Crippen molar-refractivity contribution < 1.29 is 32.1 Å². The van der Waals surface area contributed by atoms with Crippen molar-refractivity contribution in [3.8, 4) is 5.75 Å². The topological polar surface area (TPSA) is 235 Å². The monoisotopic (exact) mass is 608 g/mol. The van der Waals surface area contributed by atoms with E-state index in [1.807, 2.05) is 0 Å². The molecule has 222 valence electrons. The number of anilines is 1. The number of rotatable bonds is 15. The fourth-order valence-corrected chi connectivity index (χ4v) is 5.43. The summed E-state index contributed by atoms with van der Waals surface area (Å²) in [5.41, 5.74) is 11.0. The fraction of sp³-hybridized carbons (Fsp3) is 0.375. The first-order valence-corrected chi connectivity index (χ1v) is 14.6. The van der Waals surface area contributed by atoms with Gasteiger partial charge in [0.1, 0.15) is 24.1 Å². The van der Waals surface area contributed by atoms with Gasteiger partial charge >= 0.3 is 10.3 Å². The van der Waals surface area contributed by atoms with E-state index in [4.69, 9.17) is 26.5 Å². The van der Waals surface area contributed by atoms with Crippen LogP contribution in [0.4, 0.5) is 5.13 Å². The Labute approximate surface area is 241 Å². The molecular formula is C24H32N8O7S2. The van der Waals surface area contributed by atoms with Crippen molar-refractivity contribution in [1.82, 2.24) is 19.9 Å². The fourth-order valence-electron chi connectivity index (χ4n) is 3.85. The Morgan fingerprint density at radius 1 is 1.32 bits per heavy atom. The molecule has 2 amide bonds. The number of carbonyl (C=O) groups is 2. The Morgan fingerprint density at radius 2 is 2.02 bits per heavy atom. The molecule has 8 N–H and O–H groups in total. The molecule has 1 aliphatic rings. The Balaban J connectivity index is 1.59. The van der Waals surface area contributed by atoms with E-state index in [0.29, 0.717) is 24.4 Å². The van der Waals surface area contributed by atoms with Gasteiger partial charge in [-0.2, -0.15) is 8.42 Å². The van der Waals surface area contributed by atoms with Crippen LogP contribution in [-0.2, 0) is 24.7 Å². The molecule has 1 saturated heterocycles. The lowest BCUT2D eigenvalue weighted by molar-refractivity contribution is -0.151. The summed E-state index contributed by atoms with van der Waals surface area (Å²) in [4.78, 5) is 34.6. The first-order valence-electron chi connectivity index (χ1n) is 12.3. The largest absolute Gasteiger partial charge is 0.490 e. The van der Waals surface area contributed by atoms with Gasteiger partial charge in [0.25, 0.3) is 11.8 Å². The average Bonchev–Trinajstić information content (AvgIpc) is 3.34. The van der Waals surface area contributed by atoms with Crippen LogP contribution in [0.15, 0.2) is 41.0 Å². The third kappa shape index (κ3) is 7.78. The quantitative estimate of drug-likeness (QED) is 0.0531. The molecule has 1 aromatic carbocycles. The maximum atomic E-state index is 13.0. The van der Waals surface area contributed by atoms with Gasteiger partial charge in [-0.1, -0.05) is 17.3 Å². The molecule has 1 aliphatic heterocycles. The maximum absolute atomic E-state index is 13.0. The van der Waals surface area contributed by atoms with Crippen molar-refractivity contribution in [2.24, 2.45) is 10.9 Å². The Kier molecular flexibility index (Phi) is 10.4. The Morgan fingerprint density at radius 3 is 2.59 bits per heavy atom. The third-order valence-electron chi connectivity index (χ3n) is 5.89. The average molecular weight is 609 g/mol. The number of nitrogen functional groups attached to an aromatic ring is 1. The van der Waals surface area contributed by atoms with Crippen LogP contribution >= 0.6 is 11.3 Å². The molecule has 0 aliphatic carbocycles. The van der Waals surface area contributed by atoms with Crippen molar-refractivity contribution in [3.05, 3.63) is 47.1 Å². The van der Waals surface area contributed by atoms with Crippen LogP contribution in [0, 0.1) is 5.41 Å². The second-order valence-corrected chi connectivity index (χ2v) is 11.3. The van der Waals surface area contributed by atoms with E-state index in [0.717, 1.165) is 23.3 Å². The zero-order chi connectivity index (χ0) is 30.2. The highest BCUT2D eigenvalue weighted by Gasteiger charge is 2.60. The number of nitrogens with one attached hydrogen (secondary N) is 3. The van der Waals surface area contributed by atoms with Crippen LogP contribution in [0.25, 0.3) is 5.57 Å². The van der Waals surface area contributed by atoms with Gasteiger partial charge in [0.05, 0.1) is 5.54 Å². The molecule has 15 nitrogen and oxygen atoms in total. The Bertz CT molecular complexity index is 1420. The number of allylic oxidation sites excluding steroid dienone is 1. The molecular weight excluding hydrogens is 576 g/mol. The Hall–Kier alpha value is -4.06. The number of thiazole rings is 1. The van der Waals surface area contributed by atoms with Crippen LogP contribution in [0.5, 0.6) is 5.75 Å². The van der Waals surface area contributed by atoms with Crippen molar-refractivity contribution in [3.63, 3.8) is 0 Å². The van der Waals surface area contributed by atoms with E-state index < -0.39 is 33.7 Å². The molecule has 0 saturated carbocycles. The summed E-state index contributed by atoms with van der Waals surface area (Å²) in [6.07, 6.45) is 3.81. The number of hydrogen-bond donors (Lipinski definition) is 6. The summed E-state index contributed by atoms with van der Waals surface area (Å²) >= 11 is 1.06. The molecule has 1 aromatic heterocycles. The molecule has 0 spiro atoms. The number of oxime groups is 1. The predicted octanol–water partition coefficient (Wildman–Crippen LogP) is 0.362. The van der Waals surface area contributed by atoms with Gasteiger partial charge in [-0.25, -0.2) is 9.29 Å². The molecule has 0 bridgehead atoms. The molecule has 0 radical (unpaired) electrons. The van der Waals surface area contributed by atoms with E-state index in [1.54, 1.807) is 30.5 Å². The van der Waals surface area contributed by atoms with E-state index in [-0.39, 0.29) is 34.1 Å². The maximum Gasteiger partial charge on any atom is 0.362 e. The van der Waals surface area contributed by atoms with Crippen molar-refractivity contribution >= 4 is 56.1 Å². The minimum absolute atomic E-state index is 0.0563. The highest BCUT2D eigenvalue weighted by atomic mass is 32.2. The van der Waals surface area contributed by atoms with Crippen LogP contribution in [0.3, 0.4) is 0 Å². The number of carbonyl (C=O) groups excluding carboxylic acids is 2. The molecule has 17 heteroatoms. The normalized spacial score (nSPS) is 17.0. The molecule has 2 aromatic rings. The minimum atomic E-state index is -4.80. The van der Waals surface area contributed by atoms with Gasteiger partial charge in [-0.15, -0.1) is 11.3 Å². The minimum Gasteiger partial charge on any atom is -0.490 e. The standard InChI is InChI=1S/C24H32N8O7S2/c1-24(2)20(22(34)32(24)41(35,36)37)30-21(33)19(18-14-40-23(27)29-18)31-39-11-10-38-17-6-4-15(5-7-17)16(12-26)13-28-9-3-8-25/h4-7,12-14,20,26,28H,3,8-11,25H2,1-2H3,(H2,27,29)(H,30,33)(H,35,36,37)/b16-13+,26-12?,31-19-/t20-/m1/s1. The summed E-state index contributed by atoms with van der Waals surface area (Å²) in [5, 5.41) is 18.6. The summed E-state index contributed by atoms with van der Waals surface area (Å²) in [6.45, 7) is 4.04. The highest BCUT2D eigenvalue weighted by Crippen LogP contribution is 2.34. The number of benzene rings is 1. The lowest BCUT2D eigenvalue weighted by atomic mass is 9.85. The smallest absolute Gasteiger partial charge is 0.362 e. The summed E-state index contributed by atoms with van der Waals surface area (Å²) in [6, 6.07) is 5.82. The number of β-lactam (4-membered cyclic amide) rings is 1. The lowest BCUT2D eigenvalue weighted by Crippen LogP contribution is -2.77. The molecule has 0 unspecified atom stereocenters. The molecule has 1 atom stereocenters. The van der Waals surface area contributed by atoms with E-state index in [1.165, 1.54) is 25.4 Å². The van der Waals surface area contributed by atoms with Gasteiger partial charge < -0.3 is 37.1 Å². The van der Waals surface area contributed by atoms with Gasteiger partial charge in [-0.3, -0.25) is 14.1 Å². The van der Waals surface area contributed by atoms with E-state index in [9.17, 15) is 22.6 Å². The zero-order valence-electron chi connectivity index (χ0n) is 22.4. The van der Waals surface area contributed by atoms with Crippen molar-refractivity contribution in [1.29, 1.82) is 5.41 Å². The van der Waals surface area contributed by atoms with Crippen LogP contribution in [0.1, 0.15) is 31.5 Å². The lowest BCUT2D eigenvalue weighted by Gasteiger charge is -2.50. The van der Waals surface area contributed by atoms with Gasteiger partial charge in [-0.05, 0) is 44.5 Å². The molecule has 3 rings (SSSR count). The number of ether oxygens (including phenoxy) is 1. The van der Waals surface area contributed by atoms with E-state index >= 15 is 0 Å². The summed E-state index contributed by atoms with van der Waals surface area (Å²) < 4.78 is 38.2. The van der Waals surface area contributed by atoms with Gasteiger partial charge in [0.2, 0.25) is 0 Å². The summed E-state index contributed by atoms with van der Waals surface area (Å²) in [7, 11) is -4.80. The third-order valence-corrected chi connectivity index (χ3v) is 7.67. The molecule has 41 heavy (non-hydrogen) atoms. The highest BCUT2D eigenvalue weighted by molar-refractivity contribution is 7.84. The number of aromatic nitrogens is 1. The molecule has 1 fully saturated rings. The number of hydrogen-bond acceptors (Lipinski definition) is 13. The number of amides is 2. The second-order valence-electron chi connectivity index (χ2n) is 9.20. The SMILES string of the molecule is CC1(C)[C@H](NC(=O)/C(=N\OCCOc2ccc(/C(C=N)=C/NCCCN)cc2)c2csc(N)n2)C(=O)N1S(=O)(=O)O. The first-order chi connectivity index (χ1) is 19.4. The predicted molar refractivity (Wildman–Crippen MR) is 154 cm³/mol. The summed E-state index contributed by atoms with van der Waals surface area (Å²) in [5.74, 6) is -1.32. The van der Waals surface area contributed by atoms with Crippen LogP contribution < -0.4 is 26.8 Å². The van der Waals surface area contributed by atoms with Crippen molar-refractivity contribution in [2.75, 3.05) is 32.0 Å². The second kappa shape index (κ2) is 13.5. The van der Waals surface area contributed by atoms with Gasteiger partial charge in [0, 0.05) is 29.9 Å². The van der Waals surface area contributed by atoms with Gasteiger partial charge in [0.15, 0.2) is 17.5 Å². The van der Waals surface area contributed by atoms with Crippen molar-refractivity contribution in [2.45, 2.75) is 31.8 Å². The van der Waals surface area contributed by atoms with E-state index in [2.05, 4.69) is 20.8 Å². The number of nitrogens with two attached hydrogens (primary N) is 2. The number of nitrogens with zero attached hydrogens (tertiary/aromatic N) is 3. The molecule has 2 heterocycles. The zero-order valence-corrected chi connectivity index (χ0v) is 24.0. The van der Waals surface area contributed by atoms with Crippen LogP contribution in [0.2, 0.25) is 0 Å².